The molecule has 0 aliphatic rings. The van der Waals surface area contributed by atoms with E-state index in [4.69, 9.17) is 0 Å². The summed E-state index contributed by atoms with van der Waals surface area (Å²) in [6, 6.07) is 0. The van der Waals surface area contributed by atoms with E-state index < -0.39 is 0 Å². The average Bonchev–Trinajstić information content (AvgIpc) is 2.95. The van der Waals surface area contributed by atoms with Crippen LogP contribution in [0.2, 0.25) is 0 Å². The quantitative estimate of drug-likeness (QED) is 0.787. The lowest BCUT2D eigenvalue weighted by atomic mass is 10.1. The van der Waals surface area contributed by atoms with Crippen LogP contribution in [0, 0.1) is 13.8 Å². The molecule has 0 saturated carbocycles. The molecule has 22 heavy (non-hydrogen) atoms. The second-order valence-corrected chi connectivity index (χ2v) is 5.61. The van der Waals surface area contributed by atoms with Crippen molar-refractivity contribution >= 4 is 11.7 Å². The van der Waals surface area contributed by atoms with Crippen LogP contribution in [-0.4, -0.2) is 43.5 Å². The van der Waals surface area contributed by atoms with E-state index in [1.54, 1.807) is 4.52 Å². The highest BCUT2D eigenvalue weighted by Gasteiger charge is 2.15. The van der Waals surface area contributed by atoms with Gasteiger partial charge < -0.3 is 4.90 Å². The van der Waals surface area contributed by atoms with Gasteiger partial charge >= 0.3 is 0 Å². The zero-order chi connectivity index (χ0) is 16.1. The summed E-state index contributed by atoms with van der Waals surface area (Å²) < 4.78 is 1.74. The first-order valence-corrected chi connectivity index (χ1v) is 8.02. The number of hydrogen-bond acceptors (Lipinski definition) is 4. The Morgan fingerprint density at radius 1 is 1.23 bits per heavy atom. The molecule has 1 amide bonds. The van der Waals surface area contributed by atoms with E-state index in [2.05, 4.69) is 28.9 Å². The van der Waals surface area contributed by atoms with Crippen molar-refractivity contribution in [3.8, 4) is 0 Å². The highest BCUT2D eigenvalue weighted by atomic mass is 16.2. The number of carbonyl (C=O) groups excluding carboxylic acids is 1. The summed E-state index contributed by atoms with van der Waals surface area (Å²) in [6.45, 7) is 9.86. The molecule has 0 saturated heterocycles. The van der Waals surface area contributed by atoms with Gasteiger partial charge in [-0.2, -0.15) is 10.1 Å². The van der Waals surface area contributed by atoms with Crippen molar-refractivity contribution in [3.63, 3.8) is 0 Å². The third-order valence-corrected chi connectivity index (χ3v) is 3.92. The van der Waals surface area contributed by atoms with Gasteiger partial charge in [0, 0.05) is 30.9 Å². The Balaban J connectivity index is 2.12. The monoisotopic (exact) mass is 303 g/mol. The summed E-state index contributed by atoms with van der Waals surface area (Å²) in [5, 5.41) is 4.19. The molecule has 0 N–H and O–H groups in total. The van der Waals surface area contributed by atoms with Crippen LogP contribution in [0.3, 0.4) is 0 Å². The first-order chi connectivity index (χ1) is 10.6. The summed E-state index contributed by atoms with van der Waals surface area (Å²) in [4.78, 5) is 22.9. The molecular weight excluding hydrogens is 278 g/mol. The summed E-state index contributed by atoms with van der Waals surface area (Å²) >= 11 is 0. The molecule has 0 aliphatic heterocycles. The Morgan fingerprint density at radius 2 is 1.91 bits per heavy atom. The van der Waals surface area contributed by atoms with E-state index >= 15 is 0 Å². The molecule has 2 aromatic rings. The molecular formula is C16H25N5O. The highest BCUT2D eigenvalue weighted by Crippen LogP contribution is 2.15. The van der Waals surface area contributed by atoms with Gasteiger partial charge in [0.05, 0.1) is 0 Å². The van der Waals surface area contributed by atoms with Crippen molar-refractivity contribution in [2.75, 3.05) is 13.1 Å². The average molecular weight is 303 g/mol. The molecule has 120 valence electrons. The first kappa shape index (κ1) is 16.4. The van der Waals surface area contributed by atoms with E-state index in [1.165, 1.54) is 6.33 Å². The first-order valence-electron chi connectivity index (χ1n) is 8.02. The molecule has 2 heterocycles. The molecule has 0 fully saturated rings. The maximum absolute atomic E-state index is 12.4. The molecule has 2 aromatic heterocycles. The lowest BCUT2D eigenvalue weighted by Gasteiger charge is -2.21. The Kier molecular flexibility index (Phi) is 5.46. The number of rotatable bonds is 7. The van der Waals surface area contributed by atoms with Crippen LogP contribution in [0.25, 0.3) is 5.78 Å². The topological polar surface area (TPSA) is 63.4 Å². The van der Waals surface area contributed by atoms with Gasteiger partial charge in [-0.05, 0) is 38.7 Å². The fourth-order valence-corrected chi connectivity index (χ4v) is 2.81. The summed E-state index contributed by atoms with van der Waals surface area (Å²) in [5.74, 6) is 0.838. The summed E-state index contributed by atoms with van der Waals surface area (Å²) in [5.41, 5.74) is 3.05. The second-order valence-electron chi connectivity index (χ2n) is 5.61. The number of nitrogens with zero attached hydrogens (tertiary/aromatic N) is 5. The van der Waals surface area contributed by atoms with Crippen molar-refractivity contribution in [3.05, 3.63) is 23.3 Å². The van der Waals surface area contributed by atoms with Gasteiger partial charge in [0.1, 0.15) is 6.33 Å². The van der Waals surface area contributed by atoms with E-state index in [-0.39, 0.29) is 5.91 Å². The van der Waals surface area contributed by atoms with Gasteiger partial charge in [0.2, 0.25) is 5.91 Å². The number of carbonyl (C=O) groups is 1. The SMILES string of the molecule is CCCN(CCC)C(=O)CCc1c(C)nc2ncnn2c1C. The molecule has 0 radical (unpaired) electrons. The number of amides is 1. The van der Waals surface area contributed by atoms with Gasteiger partial charge in [-0.3, -0.25) is 4.79 Å². The van der Waals surface area contributed by atoms with Crippen LogP contribution < -0.4 is 0 Å². The molecule has 0 bridgehead atoms. The molecule has 0 aliphatic carbocycles. The van der Waals surface area contributed by atoms with E-state index in [1.807, 2.05) is 18.7 Å². The van der Waals surface area contributed by atoms with Crippen LogP contribution in [0.1, 0.15) is 50.1 Å². The minimum Gasteiger partial charge on any atom is -0.343 e. The Morgan fingerprint density at radius 3 is 2.55 bits per heavy atom. The Labute approximate surface area is 131 Å². The van der Waals surface area contributed by atoms with Crippen molar-refractivity contribution < 1.29 is 4.79 Å². The molecule has 0 atom stereocenters. The molecule has 6 nitrogen and oxygen atoms in total. The highest BCUT2D eigenvalue weighted by molar-refractivity contribution is 5.76. The van der Waals surface area contributed by atoms with E-state index in [0.29, 0.717) is 18.6 Å². The molecule has 2 rings (SSSR count). The fourth-order valence-electron chi connectivity index (χ4n) is 2.81. The predicted molar refractivity (Wildman–Crippen MR) is 85.7 cm³/mol. The van der Waals surface area contributed by atoms with Crippen LogP contribution in [0.15, 0.2) is 6.33 Å². The van der Waals surface area contributed by atoms with Crippen molar-refractivity contribution in [2.45, 2.75) is 53.4 Å². The van der Waals surface area contributed by atoms with Crippen molar-refractivity contribution in [2.24, 2.45) is 0 Å². The fraction of sp³-hybridized carbons (Fsp3) is 0.625. The van der Waals surface area contributed by atoms with Crippen LogP contribution >= 0.6 is 0 Å². The number of aryl methyl sites for hydroxylation is 2. The minimum atomic E-state index is 0.223. The number of fused-ring (bicyclic) bond motifs is 1. The third kappa shape index (κ3) is 3.43. The maximum atomic E-state index is 12.4. The summed E-state index contributed by atoms with van der Waals surface area (Å²) in [7, 11) is 0. The molecule has 0 unspecified atom stereocenters. The van der Waals surface area contributed by atoms with Gasteiger partial charge in [-0.25, -0.2) is 9.50 Å². The smallest absolute Gasteiger partial charge is 0.252 e. The number of hydrogen-bond donors (Lipinski definition) is 0. The van der Waals surface area contributed by atoms with Crippen LogP contribution in [0.4, 0.5) is 0 Å². The van der Waals surface area contributed by atoms with Gasteiger partial charge in [-0.15, -0.1) is 0 Å². The maximum Gasteiger partial charge on any atom is 0.252 e. The van der Waals surface area contributed by atoms with Crippen molar-refractivity contribution in [1.82, 2.24) is 24.5 Å². The minimum absolute atomic E-state index is 0.223. The number of aromatic nitrogens is 4. The normalized spacial score (nSPS) is 11.1. The third-order valence-electron chi connectivity index (χ3n) is 3.92. The lowest BCUT2D eigenvalue weighted by Crippen LogP contribution is -2.32. The Hall–Kier alpha value is -1.98. The Bertz CT molecular complexity index is 643. The summed E-state index contributed by atoms with van der Waals surface area (Å²) in [6.07, 6.45) is 4.72. The van der Waals surface area contributed by atoms with Crippen LogP contribution in [0.5, 0.6) is 0 Å². The van der Waals surface area contributed by atoms with Gasteiger partial charge in [0.25, 0.3) is 5.78 Å². The van der Waals surface area contributed by atoms with E-state index in [9.17, 15) is 4.79 Å². The van der Waals surface area contributed by atoms with E-state index in [0.717, 1.165) is 42.9 Å². The standard InChI is InChI=1S/C16H25N5O/c1-5-9-20(10-6-2)15(22)8-7-14-12(3)19-16-17-11-18-21(16)13(14)4/h11H,5-10H2,1-4H3. The van der Waals surface area contributed by atoms with Crippen molar-refractivity contribution in [1.29, 1.82) is 0 Å². The second kappa shape index (κ2) is 7.33. The van der Waals surface area contributed by atoms with Gasteiger partial charge in [-0.1, -0.05) is 13.8 Å². The zero-order valence-electron chi connectivity index (χ0n) is 14.0. The predicted octanol–water partition coefficient (Wildman–Crippen LogP) is 2.32. The molecule has 0 aromatic carbocycles. The molecule has 0 spiro atoms. The largest absolute Gasteiger partial charge is 0.343 e. The zero-order valence-corrected chi connectivity index (χ0v) is 14.0. The van der Waals surface area contributed by atoms with Gasteiger partial charge in [0.15, 0.2) is 0 Å². The molecule has 6 heteroatoms. The van der Waals surface area contributed by atoms with Crippen LogP contribution in [-0.2, 0) is 11.2 Å². The lowest BCUT2D eigenvalue weighted by molar-refractivity contribution is -0.131.